The maximum atomic E-state index is 9.92. The molecular weight excluding hydrogens is 322 g/mol. The summed E-state index contributed by atoms with van der Waals surface area (Å²) in [5, 5.41) is 9.92. The van der Waals surface area contributed by atoms with Gasteiger partial charge in [-0.25, -0.2) is 0 Å². The van der Waals surface area contributed by atoms with Crippen molar-refractivity contribution in [2.75, 3.05) is 27.2 Å². The van der Waals surface area contributed by atoms with Gasteiger partial charge in [0, 0.05) is 6.54 Å². The van der Waals surface area contributed by atoms with Crippen molar-refractivity contribution in [1.29, 1.82) is 0 Å². The van der Waals surface area contributed by atoms with E-state index in [9.17, 15) is 5.11 Å². The van der Waals surface area contributed by atoms with Crippen LogP contribution in [-0.4, -0.2) is 43.4 Å². The lowest BCUT2D eigenvalue weighted by atomic mass is 9.48. The third kappa shape index (κ3) is 4.26. The Morgan fingerprint density at radius 3 is 1.96 bits per heavy atom. The molecule has 0 radical (unpaired) electrons. The van der Waals surface area contributed by atoms with Crippen molar-refractivity contribution in [3.05, 3.63) is 29.8 Å². The van der Waals surface area contributed by atoms with E-state index in [1.54, 1.807) is 0 Å². The Hall–Kier alpha value is -1.06. The van der Waals surface area contributed by atoms with Crippen LogP contribution in [0, 0.1) is 17.8 Å². The summed E-state index contributed by atoms with van der Waals surface area (Å²) >= 11 is 0. The summed E-state index contributed by atoms with van der Waals surface area (Å²) in [7, 11) is 3.92. The average Bonchev–Trinajstić information content (AvgIpc) is 2.60. The molecule has 4 aliphatic rings. The molecular formula is C23H37NO2. The number of hydrogen-bond donors (Lipinski definition) is 1. The SMILES string of the molecule is CC.CN(C)CC(O)COc1ccc(C23CC4CC(CC(C4)C2)C3)cc1. The number of hydrogen-bond acceptors (Lipinski definition) is 3. The lowest BCUT2D eigenvalue weighted by molar-refractivity contribution is -0.00522. The third-order valence-electron chi connectivity index (χ3n) is 6.52. The van der Waals surface area contributed by atoms with E-state index in [2.05, 4.69) is 24.3 Å². The molecule has 1 unspecified atom stereocenters. The maximum absolute atomic E-state index is 9.92. The van der Waals surface area contributed by atoms with Gasteiger partial charge in [0.1, 0.15) is 18.5 Å². The van der Waals surface area contributed by atoms with Crippen LogP contribution in [0.15, 0.2) is 24.3 Å². The molecule has 0 saturated heterocycles. The number of benzene rings is 1. The van der Waals surface area contributed by atoms with Crippen LogP contribution in [0.1, 0.15) is 57.9 Å². The fraction of sp³-hybridized carbons (Fsp3) is 0.739. The van der Waals surface area contributed by atoms with E-state index in [0.29, 0.717) is 18.6 Å². The van der Waals surface area contributed by atoms with E-state index in [1.165, 1.54) is 44.1 Å². The van der Waals surface area contributed by atoms with Gasteiger partial charge in [-0.1, -0.05) is 26.0 Å². The number of aliphatic hydroxyl groups is 1. The highest BCUT2D eigenvalue weighted by Gasteiger charge is 2.51. The van der Waals surface area contributed by atoms with E-state index in [-0.39, 0.29) is 0 Å². The molecule has 0 aromatic heterocycles. The topological polar surface area (TPSA) is 32.7 Å². The van der Waals surface area contributed by atoms with E-state index >= 15 is 0 Å². The highest BCUT2D eigenvalue weighted by Crippen LogP contribution is 2.60. The van der Waals surface area contributed by atoms with Crippen molar-refractivity contribution < 1.29 is 9.84 Å². The smallest absolute Gasteiger partial charge is 0.119 e. The molecule has 1 aromatic carbocycles. The number of rotatable bonds is 6. The van der Waals surface area contributed by atoms with Gasteiger partial charge in [0.15, 0.2) is 0 Å². The first kappa shape index (κ1) is 19.7. The molecule has 0 spiro atoms. The van der Waals surface area contributed by atoms with Gasteiger partial charge >= 0.3 is 0 Å². The zero-order valence-corrected chi connectivity index (χ0v) is 17.1. The van der Waals surface area contributed by atoms with Gasteiger partial charge in [-0.05, 0) is 93.5 Å². The molecule has 1 N–H and O–H groups in total. The van der Waals surface area contributed by atoms with Crippen LogP contribution < -0.4 is 4.74 Å². The Bertz CT molecular complexity index is 531. The molecule has 146 valence electrons. The Morgan fingerprint density at radius 2 is 1.50 bits per heavy atom. The quantitative estimate of drug-likeness (QED) is 0.813. The van der Waals surface area contributed by atoms with Crippen LogP contribution in [0.2, 0.25) is 0 Å². The van der Waals surface area contributed by atoms with E-state index < -0.39 is 6.10 Å². The van der Waals surface area contributed by atoms with Gasteiger partial charge in [0.25, 0.3) is 0 Å². The number of likely N-dealkylation sites (N-methyl/N-ethyl adjacent to an activating group) is 1. The second kappa shape index (κ2) is 8.31. The van der Waals surface area contributed by atoms with Crippen molar-refractivity contribution >= 4 is 0 Å². The van der Waals surface area contributed by atoms with E-state index in [0.717, 1.165) is 23.5 Å². The third-order valence-corrected chi connectivity index (χ3v) is 6.52. The predicted molar refractivity (Wildman–Crippen MR) is 108 cm³/mol. The monoisotopic (exact) mass is 359 g/mol. The van der Waals surface area contributed by atoms with Crippen LogP contribution >= 0.6 is 0 Å². The summed E-state index contributed by atoms with van der Waals surface area (Å²) in [6.07, 6.45) is 8.24. The Morgan fingerprint density at radius 1 is 1.00 bits per heavy atom. The predicted octanol–water partition coefficient (Wildman–Crippen LogP) is 4.48. The van der Waals surface area contributed by atoms with Crippen LogP contribution in [0.4, 0.5) is 0 Å². The highest BCUT2D eigenvalue weighted by atomic mass is 16.5. The summed E-state index contributed by atoms with van der Waals surface area (Å²) in [4.78, 5) is 1.98. The fourth-order valence-electron chi connectivity index (χ4n) is 6.04. The molecule has 3 heteroatoms. The van der Waals surface area contributed by atoms with Crippen LogP contribution in [0.25, 0.3) is 0 Å². The zero-order chi connectivity index (χ0) is 18.7. The Kier molecular flexibility index (Phi) is 6.29. The lowest BCUT2D eigenvalue weighted by Crippen LogP contribution is -2.48. The number of ether oxygens (including phenoxy) is 1. The van der Waals surface area contributed by atoms with Crippen LogP contribution in [0.5, 0.6) is 5.75 Å². The Labute approximate surface area is 159 Å². The summed E-state index contributed by atoms with van der Waals surface area (Å²) in [6, 6.07) is 8.80. The molecule has 0 heterocycles. The Balaban J connectivity index is 0.000000948. The fourth-order valence-corrected chi connectivity index (χ4v) is 6.04. The van der Waals surface area contributed by atoms with Crippen LogP contribution in [0.3, 0.4) is 0 Å². The first-order valence-corrected chi connectivity index (χ1v) is 10.6. The largest absolute Gasteiger partial charge is 0.491 e. The summed E-state index contributed by atoms with van der Waals surface area (Å²) in [5.74, 6) is 3.82. The second-order valence-corrected chi connectivity index (χ2v) is 8.95. The van der Waals surface area contributed by atoms with Gasteiger partial charge in [-0.3, -0.25) is 0 Å². The summed E-state index contributed by atoms with van der Waals surface area (Å²) in [6.45, 7) is 4.99. The molecule has 5 rings (SSSR count). The molecule has 4 bridgehead atoms. The first-order valence-electron chi connectivity index (χ1n) is 10.6. The summed E-state index contributed by atoms with van der Waals surface area (Å²) < 4.78 is 5.77. The van der Waals surface area contributed by atoms with Gasteiger partial charge in [0.05, 0.1) is 0 Å². The molecule has 4 aliphatic carbocycles. The normalized spacial score (nSPS) is 32.9. The standard InChI is InChI=1S/C21H31NO2.C2H6/c1-22(2)13-19(23)14-24-20-5-3-18(4-6-20)21-10-15-7-16(11-21)9-17(8-15)12-21;1-2/h3-6,15-17,19,23H,7-14H2,1-2H3;1-2H3. The van der Waals surface area contributed by atoms with E-state index in [1.807, 2.05) is 32.8 Å². The van der Waals surface area contributed by atoms with E-state index in [4.69, 9.17) is 4.74 Å². The molecule has 0 amide bonds. The van der Waals surface area contributed by atoms with Gasteiger partial charge in [-0.2, -0.15) is 0 Å². The molecule has 1 atom stereocenters. The van der Waals surface area contributed by atoms with Gasteiger partial charge in [0.2, 0.25) is 0 Å². The van der Waals surface area contributed by atoms with Crippen molar-refractivity contribution in [3.8, 4) is 5.75 Å². The average molecular weight is 360 g/mol. The minimum atomic E-state index is -0.442. The van der Waals surface area contributed by atoms with Crippen molar-refractivity contribution in [3.63, 3.8) is 0 Å². The summed E-state index contributed by atoms with van der Waals surface area (Å²) in [5.41, 5.74) is 1.99. The molecule has 4 saturated carbocycles. The molecule has 0 aliphatic heterocycles. The minimum Gasteiger partial charge on any atom is -0.491 e. The van der Waals surface area contributed by atoms with Gasteiger partial charge < -0.3 is 14.7 Å². The van der Waals surface area contributed by atoms with Crippen molar-refractivity contribution in [1.82, 2.24) is 4.90 Å². The minimum absolute atomic E-state index is 0.356. The zero-order valence-electron chi connectivity index (χ0n) is 17.1. The van der Waals surface area contributed by atoms with Crippen molar-refractivity contribution in [2.45, 2.75) is 63.9 Å². The maximum Gasteiger partial charge on any atom is 0.119 e. The number of aliphatic hydroxyl groups excluding tert-OH is 1. The van der Waals surface area contributed by atoms with Gasteiger partial charge in [-0.15, -0.1) is 0 Å². The second-order valence-electron chi connectivity index (χ2n) is 8.95. The molecule has 1 aromatic rings. The van der Waals surface area contributed by atoms with Crippen LogP contribution in [-0.2, 0) is 5.41 Å². The first-order chi connectivity index (χ1) is 12.5. The molecule has 4 fully saturated rings. The number of nitrogens with zero attached hydrogens (tertiary/aromatic N) is 1. The lowest BCUT2D eigenvalue weighted by Gasteiger charge is -2.57. The molecule has 26 heavy (non-hydrogen) atoms. The highest BCUT2D eigenvalue weighted by molar-refractivity contribution is 5.34. The molecule has 3 nitrogen and oxygen atoms in total. The van der Waals surface area contributed by atoms with Crippen molar-refractivity contribution in [2.24, 2.45) is 17.8 Å².